The molecule has 0 aromatic heterocycles. The Morgan fingerprint density at radius 1 is 0.712 bits per heavy atom. The zero-order valence-corrected chi connectivity index (χ0v) is 36.8. The van der Waals surface area contributed by atoms with Crippen LogP contribution in [0.1, 0.15) is 174 Å². The molecule has 5 saturated heterocycles. The van der Waals surface area contributed by atoms with Crippen LogP contribution in [0.2, 0.25) is 0 Å². The fourth-order valence-electron chi connectivity index (χ4n) is 8.96. The summed E-state index contributed by atoms with van der Waals surface area (Å²) in [5, 5.41) is 19.2. The molecular weight excluding hydrogens is 779 g/mol. The van der Waals surface area contributed by atoms with E-state index in [0.29, 0.717) is 38.4 Å². The van der Waals surface area contributed by atoms with E-state index < -0.39 is 23.7 Å². The van der Waals surface area contributed by atoms with Crippen LogP contribution in [0.25, 0.3) is 0 Å². The first-order valence-corrected chi connectivity index (χ1v) is 21.4. The van der Waals surface area contributed by atoms with Crippen LogP contribution in [0.4, 0.5) is 22.8 Å². The van der Waals surface area contributed by atoms with E-state index in [-0.39, 0.29) is 86.2 Å². The molecule has 5 heterocycles. The normalized spacial score (nSPS) is 29.5. The summed E-state index contributed by atoms with van der Waals surface area (Å²) in [6.07, 6.45) is 12.5. The van der Waals surface area contributed by atoms with Crippen molar-refractivity contribution >= 4 is 41.6 Å². The first-order valence-electron chi connectivity index (χ1n) is 22.1. The second-order valence-electron chi connectivity index (χ2n) is 18.3. The van der Waals surface area contributed by atoms with Crippen LogP contribution in [0, 0.1) is 11.8 Å². The Morgan fingerprint density at radius 2 is 1.05 bits per heavy atom. The van der Waals surface area contributed by atoms with Crippen molar-refractivity contribution in [2.45, 2.75) is 225 Å². The van der Waals surface area contributed by atoms with E-state index in [0.717, 1.165) is 76.4 Å². The number of aliphatic hydroxyl groups excluding tert-OH is 2. The van der Waals surface area contributed by atoms with Crippen LogP contribution >= 0.6 is 0 Å². The summed E-state index contributed by atoms with van der Waals surface area (Å²) >= 11 is 0. The molecule has 7 fully saturated rings. The van der Waals surface area contributed by atoms with Crippen LogP contribution in [-0.2, 0) is 23.8 Å². The number of hydrogen-bond acceptors (Lipinski definition) is 9. The van der Waals surface area contributed by atoms with E-state index >= 15 is 0 Å². The van der Waals surface area contributed by atoms with Crippen molar-refractivity contribution < 1.29 is 78.4 Å². The Bertz CT molecular complexity index is 1210. The van der Waals surface area contributed by atoms with Gasteiger partial charge in [-0.1, -0.05) is 33.1 Å². The second kappa shape index (κ2) is 27.7. The van der Waals surface area contributed by atoms with Crippen molar-refractivity contribution in [3.05, 3.63) is 0 Å². The van der Waals surface area contributed by atoms with Gasteiger partial charge in [0, 0.05) is 51.6 Å². The van der Waals surface area contributed by atoms with E-state index in [2.05, 4.69) is 0 Å². The maximum absolute atomic E-state index is 12.2. The number of Topliss-reactive ketones (excluding diaryl/α,β-unsaturated/α-hetero) is 1. The van der Waals surface area contributed by atoms with Gasteiger partial charge in [0.1, 0.15) is 17.0 Å². The summed E-state index contributed by atoms with van der Waals surface area (Å²) < 4.78 is 53.3. The van der Waals surface area contributed by atoms with Crippen LogP contribution in [0.5, 0.6) is 0 Å². The Balaban J connectivity index is 0. The maximum Gasteiger partial charge on any atom is 1.00 e. The summed E-state index contributed by atoms with van der Waals surface area (Å²) in [5.41, 5.74) is -0.908. The standard InChI is InChI=1S/C13H23NO3.C13H21NO3.C9H16O.C4H8O.C2HF3O.C2H6.Al.Li.4H/c2*1-13(2,3)17-12(16)14-9-5-4-6-10(14)8-11(15)7-9;10-9-5-7-2-1-3-8(4-7)6-9;1-2-4-5-3-1;3-2(4,5)1-6;1-2;;;;;;/h9-11,15H,4-8H2,1-3H3;9-10H,4-8H2,1-3H3;7-10H,1-6H2;1-4H2;1H;1-2H3;;;;;;/q;;;;;;;+1;;;;-1/i;;;;;1D;;;;;;. The van der Waals surface area contributed by atoms with Gasteiger partial charge in [0.15, 0.2) is 17.4 Å². The summed E-state index contributed by atoms with van der Waals surface area (Å²) in [7, 11) is 0. The molecule has 2 N–H and O–H groups in total. The quantitative estimate of drug-likeness (QED) is 0.247. The number of ketones is 1. The number of alkyl halides is 3. The molecule has 0 radical (unpaired) electrons. The Hall–Kier alpha value is -1.32. The molecule has 5 aliphatic heterocycles. The number of ether oxygens (including phenoxy) is 3. The number of carbonyl (C=O) groups excluding carboxylic acids is 4. The molecule has 11 nitrogen and oxygen atoms in total. The number of aliphatic hydroxyl groups is 2. The summed E-state index contributed by atoms with van der Waals surface area (Å²) in [4.78, 5) is 48.2. The topological polar surface area (TPSA) is 143 Å². The minimum atomic E-state index is -4.64. The molecular formula is C43H79AlF3LiN2O9. The smallest absolute Gasteiger partial charge is 1.00 e. The molecule has 2 saturated carbocycles. The average Bonchev–Trinajstić information content (AvgIpc) is 3.67. The Labute approximate surface area is 378 Å². The van der Waals surface area contributed by atoms with Crippen molar-refractivity contribution in [1.82, 2.24) is 9.80 Å². The number of hydrogen-bond donors (Lipinski definition) is 2. The zero-order valence-electron chi connectivity index (χ0n) is 38.8. The number of piperidine rings is 4. The predicted molar refractivity (Wildman–Crippen MR) is 224 cm³/mol. The van der Waals surface area contributed by atoms with E-state index in [1.807, 2.05) is 51.3 Å². The van der Waals surface area contributed by atoms with Crippen LogP contribution in [-0.4, -0.2) is 129 Å². The van der Waals surface area contributed by atoms with Crippen molar-refractivity contribution in [2.24, 2.45) is 11.8 Å². The van der Waals surface area contributed by atoms with E-state index in [1.54, 1.807) is 6.92 Å². The van der Waals surface area contributed by atoms with Crippen LogP contribution < -0.4 is 18.9 Å². The van der Waals surface area contributed by atoms with Gasteiger partial charge in [0.2, 0.25) is 6.29 Å². The van der Waals surface area contributed by atoms with Crippen LogP contribution in [0.3, 0.4) is 0 Å². The zero-order chi connectivity index (χ0) is 43.7. The SMILES string of the molecule is C1CCOC1.CC(C)(C)OC(=O)N1C2CCCC1CC(=O)C2.CC(C)(C)OC(=O)N1C2CCCC1CC(O)C2.O=CC(F)(F)F.OC1CC2CCCC(C1)C2.[2H]CC.[AlH3].[H-].[Li+]. The summed E-state index contributed by atoms with van der Waals surface area (Å²) in [6, 6.07) is 0.495. The number of rotatable bonds is 0. The van der Waals surface area contributed by atoms with Gasteiger partial charge in [0.05, 0.1) is 12.2 Å². The molecule has 59 heavy (non-hydrogen) atoms. The van der Waals surface area contributed by atoms with Gasteiger partial charge >= 0.3 is 37.2 Å². The third-order valence-corrected chi connectivity index (χ3v) is 11.0. The number of aldehydes is 1. The summed E-state index contributed by atoms with van der Waals surface area (Å²) in [6.45, 7) is 15.6. The molecule has 6 atom stereocenters. The van der Waals surface area contributed by atoms with Gasteiger partial charge in [-0.3, -0.25) is 9.59 Å². The van der Waals surface area contributed by atoms with Crippen LogP contribution in [0.15, 0.2) is 0 Å². The van der Waals surface area contributed by atoms with Gasteiger partial charge in [-0.25, -0.2) is 9.59 Å². The van der Waals surface area contributed by atoms with Crippen molar-refractivity contribution in [3.63, 3.8) is 0 Å². The molecule has 2 amide bonds. The van der Waals surface area contributed by atoms with Gasteiger partial charge in [-0.05, 0) is 137 Å². The Morgan fingerprint density at radius 3 is 1.39 bits per heavy atom. The van der Waals surface area contributed by atoms with E-state index in [1.165, 1.54) is 38.5 Å². The van der Waals surface area contributed by atoms with Gasteiger partial charge in [0.25, 0.3) is 0 Å². The molecule has 16 heteroatoms. The second-order valence-corrected chi connectivity index (χ2v) is 18.3. The maximum atomic E-state index is 12.2. The third-order valence-electron chi connectivity index (χ3n) is 11.0. The van der Waals surface area contributed by atoms with Crippen molar-refractivity contribution in [1.29, 1.82) is 0 Å². The number of halogens is 3. The fraction of sp³-hybridized carbons (Fsp3) is 0.907. The minimum absolute atomic E-state index is 0. The number of nitrogens with zero attached hydrogens (tertiary/aromatic N) is 2. The third kappa shape index (κ3) is 22.6. The molecule has 0 aromatic rings. The van der Waals surface area contributed by atoms with Gasteiger partial charge in [-0.15, -0.1) is 0 Å². The van der Waals surface area contributed by atoms with E-state index in [4.69, 9.17) is 20.4 Å². The molecule has 340 valence electrons. The Kier molecular flexibility index (Phi) is 26.1. The van der Waals surface area contributed by atoms with E-state index in [9.17, 15) is 37.8 Å². The average molecular weight is 860 g/mol. The number of carbonyl (C=O) groups is 4. The molecule has 7 aliphatic rings. The van der Waals surface area contributed by atoms with Crippen molar-refractivity contribution in [2.75, 3.05) is 13.2 Å². The van der Waals surface area contributed by atoms with Gasteiger partial charge < -0.3 is 35.7 Å². The fourth-order valence-corrected chi connectivity index (χ4v) is 8.96. The molecule has 0 spiro atoms. The first-order chi connectivity index (χ1) is 27.1. The molecule has 2 aliphatic carbocycles. The number of fused-ring (bicyclic) bond motifs is 6. The number of amides is 2. The monoisotopic (exact) mass is 860 g/mol. The molecule has 6 unspecified atom stereocenters. The van der Waals surface area contributed by atoms with Gasteiger partial charge in [-0.2, -0.15) is 13.2 Å². The largest absolute Gasteiger partial charge is 1.00 e. The van der Waals surface area contributed by atoms with Crippen molar-refractivity contribution in [3.8, 4) is 0 Å². The molecule has 6 bridgehead atoms. The minimum Gasteiger partial charge on any atom is -1.00 e. The molecule has 0 aromatic carbocycles. The summed E-state index contributed by atoms with van der Waals surface area (Å²) in [5.74, 6) is 2.05. The predicted octanol–water partition coefficient (Wildman–Crippen LogP) is 5.26. The first kappa shape index (κ1) is 55.7. The molecule has 7 rings (SSSR count).